The zero-order valence-electron chi connectivity index (χ0n) is 12.7. The van der Waals surface area contributed by atoms with Gasteiger partial charge in [-0.3, -0.25) is 4.79 Å². The van der Waals surface area contributed by atoms with Crippen LogP contribution in [0.25, 0.3) is 0 Å². The topological polar surface area (TPSA) is 66.9 Å². The van der Waals surface area contributed by atoms with E-state index in [-0.39, 0.29) is 17.4 Å². The quantitative estimate of drug-likeness (QED) is 0.755. The van der Waals surface area contributed by atoms with Crippen LogP contribution in [0.5, 0.6) is 0 Å². The van der Waals surface area contributed by atoms with Crippen LogP contribution in [0.4, 0.5) is 15.9 Å². The Kier molecular flexibility index (Phi) is 4.76. The lowest BCUT2D eigenvalue weighted by molar-refractivity contribution is 0.102. The molecule has 1 amide bonds. The van der Waals surface area contributed by atoms with Gasteiger partial charge in [-0.2, -0.15) is 0 Å². The molecule has 2 N–H and O–H groups in total. The molecule has 0 radical (unpaired) electrons. The van der Waals surface area contributed by atoms with Gasteiger partial charge in [0.15, 0.2) is 0 Å². The summed E-state index contributed by atoms with van der Waals surface area (Å²) in [6, 6.07) is 17.0. The van der Waals surface area contributed by atoms with Gasteiger partial charge in [-0.05, 0) is 29.8 Å². The second-order valence-electron chi connectivity index (χ2n) is 5.09. The highest BCUT2D eigenvalue weighted by Crippen LogP contribution is 2.11. The summed E-state index contributed by atoms with van der Waals surface area (Å²) >= 11 is 0. The van der Waals surface area contributed by atoms with Crippen molar-refractivity contribution in [2.75, 3.05) is 10.6 Å². The molecule has 3 aromatic rings. The molecular formula is C18H15FN4O. The van der Waals surface area contributed by atoms with E-state index in [1.165, 1.54) is 30.6 Å². The van der Waals surface area contributed by atoms with Gasteiger partial charge in [0.1, 0.15) is 23.7 Å². The predicted molar refractivity (Wildman–Crippen MR) is 90.2 cm³/mol. The number of aromatic nitrogens is 2. The van der Waals surface area contributed by atoms with E-state index in [1.807, 2.05) is 30.3 Å². The Hall–Kier alpha value is -3.28. The Morgan fingerprint density at radius 3 is 2.50 bits per heavy atom. The van der Waals surface area contributed by atoms with Crippen molar-refractivity contribution in [3.63, 3.8) is 0 Å². The Labute approximate surface area is 138 Å². The van der Waals surface area contributed by atoms with E-state index in [9.17, 15) is 9.18 Å². The number of nitrogens with zero attached hydrogens (tertiary/aromatic N) is 2. The lowest BCUT2D eigenvalue weighted by Gasteiger charge is -2.08. The van der Waals surface area contributed by atoms with Gasteiger partial charge < -0.3 is 10.6 Å². The highest BCUT2D eigenvalue weighted by atomic mass is 19.1. The Morgan fingerprint density at radius 2 is 1.75 bits per heavy atom. The summed E-state index contributed by atoms with van der Waals surface area (Å²) in [6.07, 6.45) is 1.33. The lowest BCUT2D eigenvalue weighted by Crippen LogP contribution is -2.14. The van der Waals surface area contributed by atoms with Gasteiger partial charge in [0.05, 0.1) is 0 Å². The zero-order chi connectivity index (χ0) is 16.8. The molecule has 2 aromatic carbocycles. The smallest absolute Gasteiger partial charge is 0.274 e. The van der Waals surface area contributed by atoms with Crippen molar-refractivity contribution in [2.45, 2.75) is 6.54 Å². The average Bonchev–Trinajstić information content (AvgIpc) is 2.63. The summed E-state index contributed by atoms with van der Waals surface area (Å²) in [6.45, 7) is 0.594. The Balaban J connectivity index is 1.65. The molecule has 5 nitrogen and oxygen atoms in total. The zero-order valence-corrected chi connectivity index (χ0v) is 12.7. The highest BCUT2D eigenvalue weighted by Gasteiger charge is 2.09. The van der Waals surface area contributed by atoms with Crippen LogP contribution in [0, 0.1) is 5.82 Å². The van der Waals surface area contributed by atoms with Crippen LogP contribution >= 0.6 is 0 Å². The van der Waals surface area contributed by atoms with Gasteiger partial charge in [-0.1, -0.05) is 30.3 Å². The van der Waals surface area contributed by atoms with Crippen LogP contribution in [0.15, 0.2) is 67.0 Å². The van der Waals surface area contributed by atoms with Gasteiger partial charge in [-0.25, -0.2) is 14.4 Å². The number of amides is 1. The van der Waals surface area contributed by atoms with Crippen molar-refractivity contribution >= 4 is 17.4 Å². The van der Waals surface area contributed by atoms with Crippen molar-refractivity contribution in [1.29, 1.82) is 0 Å². The van der Waals surface area contributed by atoms with Gasteiger partial charge in [0, 0.05) is 18.3 Å². The molecule has 0 atom stereocenters. The summed E-state index contributed by atoms with van der Waals surface area (Å²) in [4.78, 5) is 20.3. The van der Waals surface area contributed by atoms with E-state index in [2.05, 4.69) is 20.6 Å². The second kappa shape index (κ2) is 7.32. The molecule has 0 fully saturated rings. The molecule has 24 heavy (non-hydrogen) atoms. The van der Waals surface area contributed by atoms with Crippen LogP contribution in [-0.2, 0) is 6.54 Å². The van der Waals surface area contributed by atoms with Crippen LogP contribution in [0.2, 0.25) is 0 Å². The maximum absolute atomic E-state index is 12.9. The van der Waals surface area contributed by atoms with E-state index < -0.39 is 0 Å². The van der Waals surface area contributed by atoms with Gasteiger partial charge in [0.25, 0.3) is 5.91 Å². The third-order valence-electron chi connectivity index (χ3n) is 3.32. The Bertz CT molecular complexity index is 822. The monoisotopic (exact) mass is 322 g/mol. The number of halogens is 1. The predicted octanol–water partition coefficient (Wildman–Crippen LogP) is 3.48. The first kappa shape index (κ1) is 15.6. The fourth-order valence-electron chi connectivity index (χ4n) is 2.09. The summed E-state index contributed by atoms with van der Waals surface area (Å²) in [5.41, 5.74) is 1.83. The maximum atomic E-state index is 12.9. The largest absolute Gasteiger partial charge is 0.366 e. The molecule has 0 aliphatic heterocycles. The number of carbonyl (C=O) groups excluding carboxylic acids is 1. The molecule has 1 heterocycles. The van der Waals surface area contributed by atoms with E-state index in [4.69, 9.17) is 0 Å². The molecule has 0 saturated heterocycles. The molecule has 0 bridgehead atoms. The maximum Gasteiger partial charge on any atom is 0.274 e. The minimum atomic E-state index is -0.383. The molecule has 6 heteroatoms. The van der Waals surface area contributed by atoms with Crippen molar-refractivity contribution in [1.82, 2.24) is 9.97 Å². The minimum absolute atomic E-state index is 0.227. The standard InChI is InChI=1S/C18H15FN4O/c19-14-6-8-15(9-7-14)23-18(24)16-10-17(22-12-21-16)20-11-13-4-2-1-3-5-13/h1-10,12H,11H2,(H,23,24)(H,20,21,22). The molecule has 0 aliphatic carbocycles. The average molecular weight is 322 g/mol. The molecule has 120 valence electrons. The van der Waals surface area contributed by atoms with Crippen LogP contribution in [0.1, 0.15) is 16.1 Å². The third kappa shape index (κ3) is 4.13. The number of anilines is 2. The third-order valence-corrected chi connectivity index (χ3v) is 3.32. The lowest BCUT2D eigenvalue weighted by atomic mass is 10.2. The molecule has 0 spiro atoms. The van der Waals surface area contributed by atoms with Gasteiger partial charge in [-0.15, -0.1) is 0 Å². The minimum Gasteiger partial charge on any atom is -0.366 e. The molecule has 0 aliphatic rings. The fourth-order valence-corrected chi connectivity index (χ4v) is 2.09. The summed E-state index contributed by atoms with van der Waals surface area (Å²) in [5, 5.41) is 5.81. The SMILES string of the molecule is O=C(Nc1ccc(F)cc1)c1cc(NCc2ccccc2)ncn1. The van der Waals surface area contributed by atoms with Crippen molar-refractivity contribution in [3.8, 4) is 0 Å². The number of carbonyl (C=O) groups is 1. The second-order valence-corrected chi connectivity index (χ2v) is 5.09. The number of benzene rings is 2. The molecule has 3 rings (SSSR count). The van der Waals surface area contributed by atoms with Crippen molar-refractivity contribution in [2.24, 2.45) is 0 Å². The van der Waals surface area contributed by atoms with E-state index in [0.717, 1.165) is 5.56 Å². The number of hydrogen-bond donors (Lipinski definition) is 2. The molecule has 0 unspecified atom stereocenters. The first-order valence-corrected chi connectivity index (χ1v) is 7.37. The van der Waals surface area contributed by atoms with Gasteiger partial charge in [0.2, 0.25) is 0 Å². The fraction of sp³-hybridized carbons (Fsp3) is 0.0556. The summed E-state index contributed by atoms with van der Waals surface area (Å²) in [7, 11) is 0. The van der Waals surface area contributed by atoms with Crippen LogP contribution < -0.4 is 10.6 Å². The molecular weight excluding hydrogens is 307 g/mol. The normalized spacial score (nSPS) is 10.2. The van der Waals surface area contributed by atoms with Crippen LogP contribution in [0.3, 0.4) is 0 Å². The number of hydrogen-bond acceptors (Lipinski definition) is 4. The Morgan fingerprint density at radius 1 is 1.00 bits per heavy atom. The van der Waals surface area contributed by atoms with Crippen molar-refractivity contribution < 1.29 is 9.18 Å². The molecule has 1 aromatic heterocycles. The molecule has 0 saturated carbocycles. The first-order valence-electron chi connectivity index (χ1n) is 7.37. The summed E-state index contributed by atoms with van der Waals surface area (Å²) < 4.78 is 12.9. The van der Waals surface area contributed by atoms with Crippen LogP contribution in [-0.4, -0.2) is 15.9 Å². The first-order chi connectivity index (χ1) is 11.7. The number of nitrogens with one attached hydrogen (secondary N) is 2. The highest BCUT2D eigenvalue weighted by molar-refractivity contribution is 6.03. The summed E-state index contributed by atoms with van der Waals surface area (Å²) in [5.74, 6) is -0.188. The van der Waals surface area contributed by atoms with E-state index >= 15 is 0 Å². The van der Waals surface area contributed by atoms with Crippen molar-refractivity contribution in [3.05, 3.63) is 84.1 Å². The van der Waals surface area contributed by atoms with E-state index in [0.29, 0.717) is 18.1 Å². The number of rotatable bonds is 5. The van der Waals surface area contributed by atoms with Gasteiger partial charge >= 0.3 is 0 Å². The van der Waals surface area contributed by atoms with E-state index in [1.54, 1.807) is 6.07 Å².